The van der Waals surface area contributed by atoms with Crippen LogP contribution in [0.15, 0.2) is 0 Å². The van der Waals surface area contributed by atoms with Gasteiger partial charge in [-0.25, -0.2) is 9.59 Å². The Morgan fingerprint density at radius 3 is 1.40 bits per heavy atom. The number of hydrogen-bond donors (Lipinski definition) is 2. The second kappa shape index (κ2) is 2.81. The number of carbonyl (C=O) groups is 3. The molecule has 3 amide bonds. The molecular weight excluding hydrogens is 142 g/mol. The Labute approximate surface area is 55.7 Å². The predicted octanol–water partition coefficient (Wildman–Crippen LogP) is 0.191. The smallest absolute Gasteiger partial charge is 0.423 e. The van der Waals surface area contributed by atoms with E-state index in [0.717, 1.165) is 6.92 Å². The molecule has 0 aromatic heterocycles. The zero-order valence-electron chi connectivity index (χ0n) is 5.07. The van der Waals surface area contributed by atoms with Crippen LogP contribution in [-0.2, 0) is 4.79 Å². The molecule has 0 heterocycles. The van der Waals surface area contributed by atoms with Gasteiger partial charge >= 0.3 is 12.2 Å². The molecule has 0 aliphatic carbocycles. The van der Waals surface area contributed by atoms with Gasteiger partial charge < -0.3 is 10.2 Å². The molecular formula is C4H5NO5. The highest BCUT2D eigenvalue weighted by atomic mass is 16.4. The summed E-state index contributed by atoms with van der Waals surface area (Å²) in [6.07, 6.45) is -3.58. The molecule has 0 saturated carbocycles. The fourth-order valence-electron chi connectivity index (χ4n) is 0.351. The van der Waals surface area contributed by atoms with Crippen molar-refractivity contribution in [3.8, 4) is 0 Å². The summed E-state index contributed by atoms with van der Waals surface area (Å²) in [4.78, 5) is 29.7. The Bertz CT molecular complexity index is 153. The number of nitrogens with zero attached hydrogens (tertiary/aromatic N) is 1. The van der Waals surface area contributed by atoms with Crippen LogP contribution in [0.3, 0.4) is 0 Å². The molecule has 0 unspecified atom stereocenters. The Morgan fingerprint density at radius 2 is 1.40 bits per heavy atom. The minimum absolute atomic E-state index is 0.306. The number of amides is 3. The molecule has 6 nitrogen and oxygen atoms in total. The minimum Gasteiger partial charge on any atom is -0.464 e. The van der Waals surface area contributed by atoms with E-state index in [9.17, 15) is 14.4 Å². The first-order valence-electron chi connectivity index (χ1n) is 2.23. The predicted molar refractivity (Wildman–Crippen MR) is 28.6 cm³/mol. The Kier molecular flexibility index (Phi) is 2.36. The lowest BCUT2D eigenvalue weighted by Gasteiger charge is -2.06. The molecule has 56 valence electrons. The lowest BCUT2D eigenvalue weighted by Crippen LogP contribution is -2.38. The van der Waals surface area contributed by atoms with E-state index < -0.39 is 18.1 Å². The number of rotatable bonds is 0. The molecule has 10 heavy (non-hydrogen) atoms. The van der Waals surface area contributed by atoms with Crippen LogP contribution >= 0.6 is 0 Å². The van der Waals surface area contributed by atoms with Crippen LogP contribution in [0.5, 0.6) is 0 Å². The summed E-state index contributed by atoms with van der Waals surface area (Å²) in [5.74, 6) is -1.04. The summed E-state index contributed by atoms with van der Waals surface area (Å²) in [5, 5.41) is 16.1. The van der Waals surface area contributed by atoms with Crippen molar-refractivity contribution in [2.75, 3.05) is 0 Å². The fraction of sp³-hybridized carbons (Fsp3) is 0.250. The van der Waals surface area contributed by atoms with E-state index in [0.29, 0.717) is 0 Å². The molecule has 0 radical (unpaired) electrons. The second-order valence-corrected chi connectivity index (χ2v) is 1.42. The zero-order valence-corrected chi connectivity index (χ0v) is 5.07. The Balaban J connectivity index is 4.43. The van der Waals surface area contributed by atoms with Crippen molar-refractivity contribution in [3.63, 3.8) is 0 Å². The highest BCUT2D eigenvalue weighted by Gasteiger charge is 2.23. The average molecular weight is 147 g/mol. The van der Waals surface area contributed by atoms with Crippen molar-refractivity contribution in [1.29, 1.82) is 0 Å². The van der Waals surface area contributed by atoms with Crippen molar-refractivity contribution >= 4 is 18.1 Å². The van der Waals surface area contributed by atoms with E-state index in [-0.39, 0.29) is 4.90 Å². The monoisotopic (exact) mass is 147 g/mol. The van der Waals surface area contributed by atoms with Gasteiger partial charge in [-0.05, 0) is 0 Å². The normalized spacial score (nSPS) is 8.50. The summed E-state index contributed by atoms with van der Waals surface area (Å²) in [6.45, 7) is 0.849. The topological polar surface area (TPSA) is 94.9 Å². The van der Waals surface area contributed by atoms with Gasteiger partial charge in [-0.2, -0.15) is 0 Å². The van der Waals surface area contributed by atoms with Crippen LogP contribution < -0.4 is 0 Å². The van der Waals surface area contributed by atoms with E-state index in [2.05, 4.69) is 0 Å². The molecule has 0 saturated heterocycles. The van der Waals surface area contributed by atoms with Gasteiger partial charge in [0, 0.05) is 6.92 Å². The summed E-state index contributed by atoms with van der Waals surface area (Å²) in [5.41, 5.74) is 0. The number of hydrogen-bond acceptors (Lipinski definition) is 3. The van der Waals surface area contributed by atoms with Crippen molar-refractivity contribution < 1.29 is 24.6 Å². The van der Waals surface area contributed by atoms with Gasteiger partial charge in [-0.3, -0.25) is 4.79 Å². The van der Waals surface area contributed by atoms with E-state index in [1.54, 1.807) is 0 Å². The SMILES string of the molecule is CC(=O)N(C(=O)O)C(=O)O. The third-order valence-electron chi connectivity index (χ3n) is 0.697. The molecule has 0 aromatic rings. The Hall–Kier alpha value is -1.59. The molecule has 2 N–H and O–H groups in total. The van der Waals surface area contributed by atoms with Crippen LogP contribution in [0.25, 0.3) is 0 Å². The molecule has 0 rings (SSSR count). The summed E-state index contributed by atoms with van der Waals surface area (Å²) < 4.78 is 0. The molecule has 0 bridgehead atoms. The van der Waals surface area contributed by atoms with Crippen molar-refractivity contribution in [2.45, 2.75) is 6.92 Å². The molecule has 0 aliphatic heterocycles. The maximum atomic E-state index is 10.2. The number of carbonyl (C=O) groups excluding carboxylic acids is 1. The Morgan fingerprint density at radius 1 is 1.10 bits per heavy atom. The molecule has 0 aliphatic rings. The first-order valence-corrected chi connectivity index (χ1v) is 2.23. The quantitative estimate of drug-likeness (QED) is 0.510. The van der Waals surface area contributed by atoms with Crippen LogP contribution in [0, 0.1) is 0 Å². The van der Waals surface area contributed by atoms with Gasteiger partial charge in [-0.15, -0.1) is 4.90 Å². The highest BCUT2D eigenvalue weighted by molar-refractivity contribution is 6.04. The van der Waals surface area contributed by atoms with E-state index in [1.807, 2.05) is 0 Å². The summed E-state index contributed by atoms with van der Waals surface area (Å²) in [7, 11) is 0. The van der Waals surface area contributed by atoms with Crippen LogP contribution in [0.1, 0.15) is 6.92 Å². The fourth-order valence-corrected chi connectivity index (χ4v) is 0.351. The highest BCUT2D eigenvalue weighted by Crippen LogP contribution is 1.90. The van der Waals surface area contributed by atoms with Gasteiger partial charge in [-0.1, -0.05) is 0 Å². The average Bonchev–Trinajstić information content (AvgIpc) is 1.59. The third kappa shape index (κ3) is 1.73. The van der Waals surface area contributed by atoms with Crippen molar-refractivity contribution in [1.82, 2.24) is 4.90 Å². The van der Waals surface area contributed by atoms with Gasteiger partial charge in [0.15, 0.2) is 0 Å². The number of carboxylic acid groups (broad SMARTS) is 2. The van der Waals surface area contributed by atoms with Crippen LogP contribution in [0.4, 0.5) is 9.59 Å². The molecule has 0 aromatic carbocycles. The van der Waals surface area contributed by atoms with Crippen molar-refractivity contribution in [2.24, 2.45) is 0 Å². The van der Waals surface area contributed by atoms with Gasteiger partial charge in [0.25, 0.3) is 0 Å². The zero-order chi connectivity index (χ0) is 8.31. The lowest BCUT2D eigenvalue weighted by molar-refractivity contribution is -0.125. The van der Waals surface area contributed by atoms with Gasteiger partial charge in [0.1, 0.15) is 0 Å². The third-order valence-corrected chi connectivity index (χ3v) is 0.697. The van der Waals surface area contributed by atoms with E-state index >= 15 is 0 Å². The summed E-state index contributed by atoms with van der Waals surface area (Å²) in [6, 6.07) is 0. The first kappa shape index (κ1) is 8.41. The minimum atomic E-state index is -1.79. The van der Waals surface area contributed by atoms with E-state index in [4.69, 9.17) is 10.2 Å². The molecule has 0 spiro atoms. The van der Waals surface area contributed by atoms with Gasteiger partial charge in [0.05, 0.1) is 0 Å². The lowest BCUT2D eigenvalue weighted by atomic mass is 10.6. The second-order valence-electron chi connectivity index (χ2n) is 1.42. The standard InChI is InChI=1S/C4H5NO5/c1-2(6)5(3(7)8)4(9)10/h1H3,(H,7,8)(H,9,10). The molecule has 6 heteroatoms. The number of imide groups is 3. The summed E-state index contributed by atoms with van der Waals surface area (Å²) >= 11 is 0. The molecule has 0 atom stereocenters. The van der Waals surface area contributed by atoms with Crippen LogP contribution in [0.2, 0.25) is 0 Å². The van der Waals surface area contributed by atoms with Crippen LogP contribution in [-0.4, -0.2) is 33.2 Å². The largest absolute Gasteiger partial charge is 0.464 e. The maximum Gasteiger partial charge on any atom is 0.423 e. The van der Waals surface area contributed by atoms with Crippen molar-refractivity contribution in [3.05, 3.63) is 0 Å². The van der Waals surface area contributed by atoms with E-state index in [1.165, 1.54) is 0 Å². The maximum absolute atomic E-state index is 10.2. The molecule has 0 fully saturated rings. The first-order chi connectivity index (χ1) is 4.46. The van der Waals surface area contributed by atoms with Gasteiger partial charge in [0.2, 0.25) is 5.91 Å².